The minimum absolute atomic E-state index is 0.208. The second kappa shape index (κ2) is 3.90. The lowest BCUT2D eigenvalue weighted by atomic mass is 9.83. The molecule has 0 bridgehead atoms. The number of halogens is 1. The Kier molecular flexibility index (Phi) is 2.26. The molecule has 0 aromatic heterocycles. The summed E-state index contributed by atoms with van der Waals surface area (Å²) in [5, 5.41) is 0. The Balaban J connectivity index is 1.95. The van der Waals surface area contributed by atoms with Gasteiger partial charge in [0.2, 0.25) is 0 Å². The third kappa shape index (κ3) is 1.45. The topological polar surface area (TPSA) is 38.8 Å². The molecule has 0 spiro atoms. The summed E-state index contributed by atoms with van der Waals surface area (Å²) in [4.78, 5) is 12.1. The molecule has 2 unspecified atom stereocenters. The highest BCUT2D eigenvalue weighted by molar-refractivity contribution is 5.95. The van der Waals surface area contributed by atoms with E-state index in [1.807, 2.05) is 12.1 Å². The minimum atomic E-state index is -0.943. The van der Waals surface area contributed by atoms with Crippen molar-refractivity contribution in [1.29, 1.82) is 0 Å². The lowest BCUT2D eigenvalue weighted by Crippen LogP contribution is -2.34. The van der Waals surface area contributed by atoms with E-state index in [2.05, 4.69) is 0 Å². The molecule has 0 N–H and O–H groups in total. The monoisotopic (exact) mass is 270 g/mol. The van der Waals surface area contributed by atoms with Crippen LogP contribution in [-0.2, 0) is 15.1 Å². The number of epoxide rings is 1. The molecule has 2 atom stereocenters. The smallest absolute Gasteiger partial charge is 0.339 e. The number of rotatable bonds is 2. The zero-order chi connectivity index (χ0) is 13.7. The zero-order valence-electron chi connectivity index (χ0n) is 10.5. The van der Waals surface area contributed by atoms with Gasteiger partial charge in [-0.3, -0.25) is 0 Å². The number of fused-ring (bicyclic) bond motifs is 1. The van der Waals surface area contributed by atoms with Crippen molar-refractivity contribution in [3.05, 3.63) is 71.0 Å². The number of ether oxygens (including phenoxy) is 2. The molecule has 4 heteroatoms. The molecule has 1 saturated heterocycles. The summed E-state index contributed by atoms with van der Waals surface area (Å²) < 4.78 is 24.2. The molecule has 4 rings (SSSR count). The van der Waals surface area contributed by atoms with Crippen LogP contribution in [0, 0.1) is 5.82 Å². The minimum Gasteiger partial charge on any atom is -0.443 e. The average Bonchev–Trinajstić information content (AvgIpc) is 3.27. The van der Waals surface area contributed by atoms with Crippen LogP contribution in [0.3, 0.4) is 0 Å². The second-order valence-electron chi connectivity index (χ2n) is 5.00. The van der Waals surface area contributed by atoms with Gasteiger partial charge in [-0.05, 0) is 18.2 Å². The highest BCUT2D eigenvalue weighted by Crippen LogP contribution is 2.49. The molecule has 0 saturated carbocycles. The van der Waals surface area contributed by atoms with E-state index >= 15 is 0 Å². The van der Waals surface area contributed by atoms with E-state index in [0.717, 1.165) is 11.1 Å². The molecule has 100 valence electrons. The van der Waals surface area contributed by atoms with Gasteiger partial charge in [0.15, 0.2) is 5.60 Å². The Morgan fingerprint density at radius 1 is 1.10 bits per heavy atom. The molecule has 0 radical (unpaired) electrons. The molecule has 2 aromatic rings. The van der Waals surface area contributed by atoms with Gasteiger partial charge in [-0.15, -0.1) is 0 Å². The maximum atomic E-state index is 13.1. The first-order valence-corrected chi connectivity index (χ1v) is 6.42. The summed E-state index contributed by atoms with van der Waals surface area (Å²) in [6.07, 6.45) is -0.208. The van der Waals surface area contributed by atoms with E-state index < -0.39 is 5.60 Å². The van der Waals surface area contributed by atoms with Crippen molar-refractivity contribution in [1.82, 2.24) is 0 Å². The fraction of sp³-hybridized carbons (Fsp3) is 0.188. The molecule has 2 aliphatic rings. The molecule has 2 aliphatic heterocycles. The van der Waals surface area contributed by atoms with Crippen molar-refractivity contribution in [2.24, 2.45) is 0 Å². The molecule has 1 fully saturated rings. The van der Waals surface area contributed by atoms with Crippen LogP contribution in [0.4, 0.5) is 4.39 Å². The summed E-state index contributed by atoms with van der Waals surface area (Å²) in [6, 6.07) is 13.3. The number of carbonyl (C=O) groups is 1. The first-order chi connectivity index (χ1) is 9.72. The van der Waals surface area contributed by atoms with E-state index in [-0.39, 0.29) is 17.9 Å². The molecule has 20 heavy (non-hydrogen) atoms. The van der Waals surface area contributed by atoms with Gasteiger partial charge in [-0.1, -0.05) is 30.3 Å². The second-order valence-corrected chi connectivity index (χ2v) is 5.00. The number of hydrogen-bond acceptors (Lipinski definition) is 3. The van der Waals surface area contributed by atoms with Crippen molar-refractivity contribution in [2.75, 3.05) is 6.61 Å². The van der Waals surface area contributed by atoms with Gasteiger partial charge >= 0.3 is 5.97 Å². The van der Waals surface area contributed by atoms with Crippen LogP contribution in [0.25, 0.3) is 0 Å². The molecular formula is C16H11FO3. The SMILES string of the molecule is O=C1OC(c2ccc(F)cc2)(C2CO2)c2ccccc21. The van der Waals surface area contributed by atoms with Gasteiger partial charge in [0.05, 0.1) is 12.2 Å². The number of carbonyl (C=O) groups excluding carboxylic acids is 1. The Morgan fingerprint density at radius 2 is 1.80 bits per heavy atom. The summed E-state index contributed by atoms with van der Waals surface area (Å²) in [5.41, 5.74) is 1.13. The number of esters is 1. The van der Waals surface area contributed by atoms with Crippen LogP contribution in [0.15, 0.2) is 48.5 Å². The molecule has 0 aliphatic carbocycles. The van der Waals surface area contributed by atoms with Gasteiger partial charge in [-0.25, -0.2) is 9.18 Å². The standard InChI is InChI=1S/C16H11FO3/c17-11-7-5-10(6-8-11)16(14-9-19-14)13-4-2-1-3-12(13)15(18)20-16/h1-8,14H,9H2. The van der Waals surface area contributed by atoms with Crippen LogP contribution in [0.5, 0.6) is 0 Å². The largest absolute Gasteiger partial charge is 0.443 e. The fourth-order valence-electron chi connectivity index (χ4n) is 2.86. The summed E-state index contributed by atoms with van der Waals surface area (Å²) in [6.45, 7) is 0.527. The first-order valence-electron chi connectivity index (χ1n) is 6.42. The lowest BCUT2D eigenvalue weighted by Gasteiger charge is -2.27. The van der Waals surface area contributed by atoms with E-state index in [1.165, 1.54) is 12.1 Å². The Bertz CT molecular complexity index is 691. The zero-order valence-corrected chi connectivity index (χ0v) is 10.5. The molecule has 3 nitrogen and oxygen atoms in total. The van der Waals surface area contributed by atoms with Crippen molar-refractivity contribution in [2.45, 2.75) is 11.7 Å². The van der Waals surface area contributed by atoms with Crippen molar-refractivity contribution >= 4 is 5.97 Å². The predicted molar refractivity (Wildman–Crippen MR) is 68.8 cm³/mol. The van der Waals surface area contributed by atoms with E-state index in [1.54, 1.807) is 24.3 Å². The molecule has 0 amide bonds. The van der Waals surface area contributed by atoms with Crippen LogP contribution >= 0.6 is 0 Å². The molecule has 2 heterocycles. The normalized spacial score (nSPS) is 27.1. The summed E-state index contributed by atoms with van der Waals surface area (Å²) in [5.74, 6) is -0.682. The van der Waals surface area contributed by atoms with Gasteiger partial charge in [0.25, 0.3) is 0 Å². The van der Waals surface area contributed by atoms with Crippen LogP contribution < -0.4 is 0 Å². The third-order valence-electron chi connectivity index (χ3n) is 3.86. The highest BCUT2D eigenvalue weighted by atomic mass is 19.1. The Labute approximate surface area is 114 Å². The first kappa shape index (κ1) is 11.6. The van der Waals surface area contributed by atoms with Crippen LogP contribution in [0.1, 0.15) is 21.5 Å². The van der Waals surface area contributed by atoms with Crippen LogP contribution in [-0.4, -0.2) is 18.7 Å². The average molecular weight is 270 g/mol. The number of hydrogen-bond donors (Lipinski definition) is 0. The van der Waals surface area contributed by atoms with Crippen molar-refractivity contribution in [3.63, 3.8) is 0 Å². The quantitative estimate of drug-likeness (QED) is 0.622. The van der Waals surface area contributed by atoms with E-state index in [4.69, 9.17) is 9.47 Å². The third-order valence-corrected chi connectivity index (χ3v) is 3.86. The van der Waals surface area contributed by atoms with Crippen molar-refractivity contribution in [3.8, 4) is 0 Å². The lowest BCUT2D eigenvalue weighted by molar-refractivity contribution is -0.00149. The predicted octanol–water partition coefficient (Wildman–Crippen LogP) is 2.64. The fourth-order valence-corrected chi connectivity index (χ4v) is 2.86. The number of benzene rings is 2. The number of cyclic esters (lactones) is 1. The maximum absolute atomic E-state index is 13.1. The van der Waals surface area contributed by atoms with E-state index in [0.29, 0.717) is 12.2 Å². The van der Waals surface area contributed by atoms with Gasteiger partial charge in [-0.2, -0.15) is 0 Å². The molecule has 2 aromatic carbocycles. The Morgan fingerprint density at radius 3 is 2.50 bits per heavy atom. The van der Waals surface area contributed by atoms with Crippen molar-refractivity contribution < 1.29 is 18.7 Å². The maximum Gasteiger partial charge on any atom is 0.339 e. The van der Waals surface area contributed by atoms with E-state index in [9.17, 15) is 9.18 Å². The Hall–Kier alpha value is -2.20. The van der Waals surface area contributed by atoms with Gasteiger partial charge < -0.3 is 9.47 Å². The van der Waals surface area contributed by atoms with Gasteiger partial charge in [0, 0.05) is 11.1 Å². The van der Waals surface area contributed by atoms with Gasteiger partial charge in [0.1, 0.15) is 11.9 Å². The molecular weight excluding hydrogens is 259 g/mol. The summed E-state index contributed by atoms with van der Waals surface area (Å²) >= 11 is 0. The summed E-state index contributed by atoms with van der Waals surface area (Å²) in [7, 11) is 0. The highest BCUT2D eigenvalue weighted by Gasteiger charge is 2.57. The van der Waals surface area contributed by atoms with Crippen LogP contribution in [0.2, 0.25) is 0 Å².